The van der Waals surface area contributed by atoms with Crippen LogP contribution in [0.5, 0.6) is 0 Å². The molecule has 64 valence electrons. The zero-order valence-corrected chi connectivity index (χ0v) is 7.42. The van der Waals surface area contributed by atoms with Crippen LogP contribution < -0.4 is 0 Å². The highest BCUT2D eigenvalue weighted by Crippen LogP contribution is 2.21. The maximum Gasteiger partial charge on any atom is 0.134 e. The Balaban J connectivity index is 2.47. The molecule has 2 nitrogen and oxygen atoms in total. The predicted octanol–water partition coefficient (Wildman–Crippen LogP) is 1.45. The third kappa shape index (κ3) is 2.03. The van der Waals surface area contributed by atoms with Crippen molar-refractivity contribution in [3.8, 4) is 0 Å². The minimum Gasteiger partial charge on any atom is -0.302 e. The van der Waals surface area contributed by atoms with Crippen molar-refractivity contribution in [2.45, 2.75) is 45.2 Å². The van der Waals surface area contributed by atoms with Crippen molar-refractivity contribution >= 4 is 6.29 Å². The van der Waals surface area contributed by atoms with Crippen LogP contribution in [0.2, 0.25) is 0 Å². The van der Waals surface area contributed by atoms with Crippen LogP contribution in [0.4, 0.5) is 0 Å². The minimum atomic E-state index is 0.601. The van der Waals surface area contributed by atoms with E-state index in [1.807, 2.05) is 0 Å². The molecule has 0 aromatic rings. The summed E-state index contributed by atoms with van der Waals surface area (Å²) in [5.74, 6) is 0. The average Bonchev–Trinajstić information content (AvgIpc) is 1.97. The number of hydrogen-bond donors (Lipinski definition) is 0. The van der Waals surface area contributed by atoms with Crippen LogP contribution in [0.3, 0.4) is 0 Å². The number of carbonyl (C=O) groups excluding carboxylic acids is 1. The highest BCUT2D eigenvalue weighted by molar-refractivity contribution is 5.52. The summed E-state index contributed by atoms with van der Waals surface area (Å²) in [5, 5.41) is 0. The van der Waals surface area contributed by atoms with Gasteiger partial charge in [-0.15, -0.1) is 0 Å². The van der Waals surface area contributed by atoms with Crippen LogP contribution in [0, 0.1) is 0 Å². The molecule has 0 bridgehead atoms. The maximum absolute atomic E-state index is 10.3. The summed E-state index contributed by atoms with van der Waals surface area (Å²) in [4.78, 5) is 12.6. The first kappa shape index (κ1) is 8.72. The van der Waals surface area contributed by atoms with Crippen LogP contribution in [-0.2, 0) is 4.79 Å². The van der Waals surface area contributed by atoms with Gasteiger partial charge in [0.05, 0.1) is 6.54 Å². The Bertz CT molecular complexity index is 126. The second-order valence-electron chi connectivity index (χ2n) is 3.49. The monoisotopic (exact) mass is 155 g/mol. The normalized spacial score (nSPS) is 33.6. The molecule has 0 radical (unpaired) electrons. The van der Waals surface area contributed by atoms with E-state index >= 15 is 0 Å². The lowest BCUT2D eigenvalue weighted by Crippen LogP contribution is -2.44. The first-order valence-corrected chi connectivity index (χ1v) is 4.45. The van der Waals surface area contributed by atoms with Crippen molar-refractivity contribution in [3.05, 3.63) is 0 Å². The second-order valence-corrected chi connectivity index (χ2v) is 3.49. The SMILES string of the molecule is CC1CCCC(C)N1CC=O. The quantitative estimate of drug-likeness (QED) is 0.562. The summed E-state index contributed by atoms with van der Waals surface area (Å²) in [6, 6.07) is 1.20. The molecule has 1 rings (SSSR count). The molecule has 1 aliphatic rings. The smallest absolute Gasteiger partial charge is 0.134 e. The molecule has 0 aromatic carbocycles. The largest absolute Gasteiger partial charge is 0.302 e. The van der Waals surface area contributed by atoms with Crippen LogP contribution in [0.1, 0.15) is 33.1 Å². The van der Waals surface area contributed by atoms with E-state index in [-0.39, 0.29) is 0 Å². The molecule has 1 aliphatic heterocycles. The zero-order valence-electron chi connectivity index (χ0n) is 7.42. The molecule has 1 fully saturated rings. The number of nitrogens with zero attached hydrogens (tertiary/aromatic N) is 1. The summed E-state index contributed by atoms with van der Waals surface area (Å²) in [5.41, 5.74) is 0. The molecular weight excluding hydrogens is 138 g/mol. The topological polar surface area (TPSA) is 20.3 Å². The van der Waals surface area contributed by atoms with E-state index in [0.717, 1.165) is 6.29 Å². The maximum atomic E-state index is 10.3. The Morgan fingerprint density at radius 2 is 1.91 bits per heavy atom. The number of piperidine rings is 1. The summed E-state index contributed by atoms with van der Waals surface area (Å²) in [6.45, 7) is 5.03. The first-order valence-electron chi connectivity index (χ1n) is 4.45. The van der Waals surface area contributed by atoms with Gasteiger partial charge >= 0.3 is 0 Å². The molecule has 0 amide bonds. The number of rotatable bonds is 2. The Hall–Kier alpha value is -0.370. The van der Waals surface area contributed by atoms with Crippen LogP contribution >= 0.6 is 0 Å². The van der Waals surface area contributed by atoms with Crippen molar-refractivity contribution in [2.75, 3.05) is 6.54 Å². The summed E-state index contributed by atoms with van der Waals surface area (Å²) < 4.78 is 0. The molecule has 2 heteroatoms. The van der Waals surface area contributed by atoms with Gasteiger partial charge in [0.1, 0.15) is 6.29 Å². The molecule has 11 heavy (non-hydrogen) atoms. The van der Waals surface area contributed by atoms with E-state index in [4.69, 9.17) is 0 Å². The second kappa shape index (κ2) is 3.86. The van der Waals surface area contributed by atoms with E-state index in [1.54, 1.807) is 0 Å². The highest BCUT2D eigenvalue weighted by Gasteiger charge is 2.23. The van der Waals surface area contributed by atoms with Gasteiger partial charge in [-0.1, -0.05) is 6.42 Å². The van der Waals surface area contributed by atoms with Gasteiger partial charge in [0.15, 0.2) is 0 Å². The van der Waals surface area contributed by atoms with Gasteiger partial charge in [0.2, 0.25) is 0 Å². The Kier molecular flexibility index (Phi) is 3.06. The molecule has 1 heterocycles. The summed E-state index contributed by atoms with van der Waals surface area (Å²) in [6.07, 6.45) is 4.83. The Labute approximate surface area is 68.6 Å². The van der Waals surface area contributed by atoms with Crippen molar-refractivity contribution in [1.82, 2.24) is 4.90 Å². The van der Waals surface area contributed by atoms with Gasteiger partial charge in [-0.3, -0.25) is 4.90 Å². The zero-order chi connectivity index (χ0) is 8.27. The fraction of sp³-hybridized carbons (Fsp3) is 0.889. The number of aldehydes is 1. The van der Waals surface area contributed by atoms with Crippen molar-refractivity contribution in [1.29, 1.82) is 0 Å². The Morgan fingerprint density at radius 3 is 2.36 bits per heavy atom. The van der Waals surface area contributed by atoms with E-state index in [0.29, 0.717) is 18.6 Å². The molecule has 0 spiro atoms. The van der Waals surface area contributed by atoms with Gasteiger partial charge in [-0.25, -0.2) is 0 Å². The fourth-order valence-electron chi connectivity index (χ4n) is 1.92. The number of hydrogen-bond acceptors (Lipinski definition) is 2. The van der Waals surface area contributed by atoms with Gasteiger partial charge in [-0.05, 0) is 26.7 Å². The molecule has 0 N–H and O–H groups in total. The lowest BCUT2D eigenvalue weighted by molar-refractivity contribution is -0.110. The van der Waals surface area contributed by atoms with E-state index in [1.165, 1.54) is 19.3 Å². The van der Waals surface area contributed by atoms with E-state index in [2.05, 4.69) is 18.7 Å². The van der Waals surface area contributed by atoms with E-state index < -0.39 is 0 Å². The van der Waals surface area contributed by atoms with Crippen LogP contribution in [0.15, 0.2) is 0 Å². The first-order chi connectivity index (χ1) is 5.25. The third-order valence-corrected chi connectivity index (χ3v) is 2.66. The molecule has 0 saturated carbocycles. The molecule has 1 saturated heterocycles. The van der Waals surface area contributed by atoms with Crippen molar-refractivity contribution in [2.24, 2.45) is 0 Å². The molecule has 0 aliphatic carbocycles. The summed E-state index contributed by atoms with van der Waals surface area (Å²) >= 11 is 0. The lowest BCUT2D eigenvalue weighted by Gasteiger charge is -2.37. The van der Waals surface area contributed by atoms with Gasteiger partial charge in [0, 0.05) is 12.1 Å². The van der Waals surface area contributed by atoms with Gasteiger partial charge in [0.25, 0.3) is 0 Å². The van der Waals surface area contributed by atoms with Crippen molar-refractivity contribution < 1.29 is 4.79 Å². The Morgan fingerprint density at radius 1 is 1.36 bits per heavy atom. The number of likely N-dealkylation sites (tertiary alicyclic amines) is 1. The van der Waals surface area contributed by atoms with Crippen LogP contribution in [-0.4, -0.2) is 29.8 Å². The lowest BCUT2D eigenvalue weighted by atomic mass is 9.98. The van der Waals surface area contributed by atoms with Gasteiger partial charge in [-0.2, -0.15) is 0 Å². The molecular formula is C9H17NO. The molecule has 0 aromatic heterocycles. The minimum absolute atomic E-state index is 0.601. The van der Waals surface area contributed by atoms with Crippen molar-refractivity contribution in [3.63, 3.8) is 0 Å². The predicted molar refractivity (Wildman–Crippen MR) is 45.5 cm³/mol. The highest BCUT2D eigenvalue weighted by atomic mass is 16.1. The van der Waals surface area contributed by atoms with Gasteiger partial charge < -0.3 is 4.79 Å². The fourth-order valence-corrected chi connectivity index (χ4v) is 1.92. The number of carbonyl (C=O) groups is 1. The summed E-state index contributed by atoms with van der Waals surface area (Å²) in [7, 11) is 0. The third-order valence-electron chi connectivity index (χ3n) is 2.66. The standard InChI is InChI=1S/C9H17NO/c1-8-4-3-5-9(2)10(8)6-7-11/h7-9H,3-6H2,1-2H3. The molecule has 2 unspecified atom stereocenters. The molecule has 2 atom stereocenters. The average molecular weight is 155 g/mol. The van der Waals surface area contributed by atoms with E-state index in [9.17, 15) is 4.79 Å². The van der Waals surface area contributed by atoms with Crippen LogP contribution in [0.25, 0.3) is 0 Å².